The molecule has 0 amide bonds. The van der Waals surface area contributed by atoms with Crippen LogP contribution in [0.4, 0.5) is 0 Å². The molecule has 0 saturated carbocycles. The van der Waals surface area contributed by atoms with Crippen LogP contribution in [0.15, 0.2) is 48.7 Å². The lowest BCUT2D eigenvalue weighted by Gasteiger charge is -2.31. The van der Waals surface area contributed by atoms with Crippen LogP contribution < -0.4 is 14.8 Å². The zero-order chi connectivity index (χ0) is 15.9. The molecular formula is C19H24N2O2. The van der Waals surface area contributed by atoms with E-state index in [4.69, 9.17) is 9.47 Å². The van der Waals surface area contributed by atoms with Crippen LogP contribution >= 0.6 is 0 Å². The number of piperidine rings is 1. The van der Waals surface area contributed by atoms with E-state index in [-0.39, 0.29) is 6.10 Å². The van der Waals surface area contributed by atoms with E-state index >= 15 is 0 Å². The predicted molar refractivity (Wildman–Crippen MR) is 90.8 cm³/mol. The Morgan fingerprint density at radius 1 is 1.22 bits per heavy atom. The summed E-state index contributed by atoms with van der Waals surface area (Å²) in [5, 5.41) is 3.48. The molecular weight excluding hydrogens is 288 g/mol. The summed E-state index contributed by atoms with van der Waals surface area (Å²) in [5.41, 5.74) is 1.20. The van der Waals surface area contributed by atoms with Gasteiger partial charge in [-0.25, -0.2) is 4.98 Å². The van der Waals surface area contributed by atoms with Gasteiger partial charge in [0.25, 0.3) is 5.88 Å². The van der Waals surface area contributed by atoms with E-state index in [2.05, 4.69) is 34.6 Å². The highest BCUT2D eigenvalue weighted by Gasteiger charge is 2.27. The monoisotopic (exact) mass is 312 g/mol. The van der Waals surface area contributed by atoms with Gasteiger partial charge in [-0.15, -0.1) is 0 Å². The van der Waals surface area contributed by atoms with Crippen LogP contribution in [-0.2, 0) is 0 Å². The number of nitrogens with one attached hydrogen (secondary N) is 1. The molecule has 1 aromatic heterocycles. The Kier molecular flexibility index (Phi) is 5.48. The summed E-state index contributed by atoms with van der Waals surface area (Å²) in [4.78, 5) is 4.30. The first kappa shape index (κ1) is 15.8. The SMILES string of the molecule is CCOc1ncccc1OC(c1ccccc1)[C@H]1CCCNC1. The van der Waals surface area contributed by atoms with Gasteiger partial charge in [0.2, 0.25) is 0 Å². The van der Waals surface area contributed by atoms with Gasteiger partial charge < -0.3 is 14.8 Å². The lowest BCUT2D eigenvalue weighted by atomic mass is 9.89. The fourth-order valence-electron chi connectivity index (χ4n) is 3.06. The van der Waals surface area contributed by atoms with Crippen LogP contribution in [0.2, 0.25) is 0 Å². The van der Waals surface area contributed by atoms with Gasteiger partial charge in [-0.2, -0.15) is 0 Å². The molecule has 2 heterocycles. The molecule has 1 aliphatic rings. The molecule has 2 atom stereocenters. The third kappa shape index (κ3) is 4.02. The average molecular weight is 312 g/mol. The molecule has 4 heteroatoms. The molecule has 0 aliphatic carbocycles. The molecule has 1 N–H and O–H groups in total. The van der Waals surface area contributed by atoms with Crippen molar-refractivity contribution < 1.29 is 9.47 Å². The minimum atomic E-state index is 0.00686. The zero-order valence-corrected chi connectivity index (χ0v) is 13.6. The Balaban J connectivity index is 1.86. The van der Waals surface area contributed by atoms with Crippen molar-refractivity contribution in [3.8, 4) is 11.6 Å². The topological polar surface area (TPSA) is 43.4 Å². The van der Waals surface area contributed by atoms with Crippen molar-refractivity contribution >= 4 is 0 Å². The Morgan fingerprint density at radius 3 is 2.83 bits per heavy atom. The fourth-order valence-corrected chi connectivity index (χ4v) is 3.06. The van der Waals surface area contributed by atoms with E-state index in [0.29, 0.717) is 24.2 Å². The van der Waals surface area contributed by atoms with Gasteiger partial charge in [0.1, 0.15) is 6.10 Å². The Morgan fingerprint density at radius 2 is 2.09 bits per heavy atom. The van der Waals surface area contributed by atoms with Crippen molar-refractivity contribution in [1.82, 2.24) is 10.3 Å². The molecule has 1 saturated heterocycles. The molecule has 1 unspecified atom stereocenters. The standard InChI is InChI=1S/C19H24N2O2/c1-2-22-19-17(11-7-13-21-19)23-18(15-8-4-3-5-9-15)16-10-6-12-20-14-16/h3-5,7-9,11,13,16,18,20H,2,6,10,12,14H2,1H3/t16-,18?/m0/s1. The van der Waals surface area contributed by atoms with Crippen molar-refractivity contribution in [2.24, 2.45) is 5.92 Å². The third-order valence-corrected chi connectivity index (χ3v) is 4.16. The molecule has 1 aliphatic heterocycles. The first-order valence-electron chi connectivity index (χ1n) is 8.38. The maximum atomic E-state index is 6.40. The Bertz CT molecular complexity index is 597. The van der Waals surface area contributed by atoms with E-state index in [0.717, 1.165) is 19.5 Å². The van der Waals surface area contributed by atoms with Crippen LogP contribution in [0.5, 0.6) is 11.6 Å². The van der Waals surface area contributed by atoms with Gasteiger partial charge in [-0.05, 0) is 44.0 Å². The van der Waals surface area contributed by atoms with Crippen LogP contribution in [0, 0.1) is 5.92 Å². The number of hydrogen-bond acceptors (Lipinski definition) is 4. The largest absolute Gasteiger partial charge is 0.480 e. The van der Waals surface area contributed by atoms with Crippen molar-refractivity contribution in [3.63, 3.8) is 0 Å². The molecule has 4 nitrogen and oxygen atoms in total. The van der Waals surface area contributed by atoms with Crippen molar-refractivity contribution in [2.45, 2.75) is 25.9 Å². The first-order chi connectivity index (χ1) is 11.4. The van der Waals surface area contributed by atoms with Crippen molar-refractivity contribution in [1.29, 1.82) is 0 Å². The highest BCUT2D eigenvalue weighted by molar-refractivity contribution is 5.34. The molecule has 23 heavy (non-hydrogen) atoms. The van der Waals surface area contributed by atoms with Gasteiger partial charge in [-0.1, -0.05) is 30.3 Å². The normalized spacial score (nSPS) is 19.1. The first-order valence-corrected chi connectivity index (χ1v) is 8.38. The minimum Gasteiger partial charge on any atom is -0.480 e. The van der Waals surface area contributed by atoms with Crippen molar-refractivity contribution in [3.05, 3.63) is 54.2 Å². The second-order valence-corrected chi connectivity index (χ2v) is 5.80. The molecule has 0 bridgehead atoms. The molecule has 0 spiro atoms. The number of hydrogen-bond donors (Lipinski definition) is 1. The molecule has 1 aromatic carbocycles. The number of aromatic nitrogens is 1. The summed E-state index contributed by atoms with van der Waals surface area (Å²) >= 11 is 0. The quantitative estimate of drug-likeness (QED) is 0.885. The summed E-state index contributed by atoms with van der Waals surface area (Å²) in [6.07, 6.45) is 4.09. The number of pyridine rings is 1. The minimum absolute atomic E-state index is 0.00686. The summed E-state index contributed by atoms with van der Waals surface area (Å²) < 4.78 is 12.0. The molecule has 0 radical (unpaired) electrons. The maximum Gasteiger partial charge on any atom is 0.257 e. The molecule has 3 rings (SSSR count). The van der Waals surface area contributed by atoms with E-state index < -0.39 is 0 Å². The number of rotatable bonds is 6. The van der Waals surface area contributed by atoms with E-state index in [9.17, 15) is 0 Å². The summed E-state index contributed by atoms with van der Waals surface area (Å²) in [5.74, 6) is 1.73. The third-order valence-electron chi connectivity index (χ3n) is 4.16. The second kappa shape index (κ2) is 7.97. The highest BCUT2D eigenvalue weighted by Crippen LogP contribution is 2.35. The average Bonchev–Trinajstić information content (AvgIpc) is 2.63. The molecule has 1 fully saturated rings. The van der Waals surface area contributed by atoms with Gasteiger partial charge in [0.05, 0.1) is 6.61 Å². The highest BCUT2D eigenvalue weighted by atomic mass is 16.5. The summed E-state index contributed by atoms with van der Waals surface area (Å²) in [6.45, 7) is 4.60. The van der Waals surface area contributed by atoms with E-state index in [1.54, 1.807) is 6.20 Å². The molecule has 122 valence electrons. The Labute approximate surface area is 137 Å². The number of benzene rings is 1. The molecule has 2 aromatic rings. The summed E-state index contributed by atoms with van der Waals surface area (Å²) in [6, 6.07) is 14.3. The lowest BCUT2D eigenvalue weighted by molar-refractivity contribution is 0.110. The van der Waals surface area contributed by atoms with Gasteiger partial charge in [0.15, 0.2) is 5.75 Å². The predicted octanol–water partition coefficient (Wildman–Crippen LogP) is 3.60. The maximum absolute atomic E-state index is 6.40. The van der Waals surface area contributed by atoms with Gasteiger partial charge in [-0.3, -0.25) is 0 Å². The van der Waals surface area contributed by atoms with Crippen LogP contribution in [0.1, 0.15) is 31.4 Å². The summed E-state index contributed by atoms with van der Waals surface area (Å²) in [7, 11) is 0. The smallest absolute Gasteiger partial charge is 0.257 e. The Hall–Kier alpha value is -2.07. The number of nitrogens with zero attached hydrogens (tertiary/aromatic N) is 1. The van der Waals surface area contributed by atoms with Crippen molar-refractivity contribution in [2.75, 3.05) is 19.7 Å². The van der Waals surface area contributed by atoms with Gasteiger partial charge >= 0.3 is 0 Å². The number of ether oxygens (including phenoxy) is 2. The fraction of sp³-hybridized carbons (Fsp3) is 0.421. The van der Waals surface area contributed by atoms with Crippen LogP contribution in [0.3, 0.4) is 0 Å². The zero-order valence-electron chi connectivity index (χ0n) is 13.6. The van der Waals surface area contributed by atoms with Gasteiger partial charge in [0, 0.05) is 18.7 Å². The second-order valence-electron chi connectivity index (χ2n) is 5.80. The van der Waals surface area contributed by atoms with E-state index in [1.807, 2.05) is 25.1 Å². The van der Waals surface area contributed by atoms with Crippen LogP contribution in [-0.4, -0.2) is 24.7 Å². The van der Waals surface area contributed by atoms with Crippen LogP contribution in [0.25, 0.3) is 0 Å². The lowest BCUT2D eigenvalue weighted by Crippen LogP contribution is -2.35. The van der Waals surface area contributed by atoms with E-state index in [1.165, 1.54) is 12.0 Å².